The van der Waals surface area contributed by atoms with E-state index in [1.165, 1.54) is 42.9 Å². The number of amides is 1. The summed E-state index contributed by atoms with van der Waals surface area (Å²) in [5.41, 5.74) is 6.99. The Bertz CT molecular complexity index is 1290. The minimum atomic E-state index is -0.455. The summed E-state index contributed by atoms with van der Waals surface area (Å²) in [6, 6.07) is 18.6. The second-order valence-electron chi connectivity index (χ2n) is 10.4. The zero-order valence-electron chi connectivity index (χ0n) is 20.3. The van der Waals surface area contributed by atoms with Crippen LogP contribution in [0.1, 0.15) is 55.7 Å². The molecule has 1 saturated carbocycles. The van der Waals surface area contributed by atoms with E-state index in [1.807, 2.05) is 37.3 Å². The number of nitrogens with one attached hydrogen (secondary N) is 1. The van der Waals surface area contributed by atoms with Gasteiger partial charge in [0, 0.05) is 5.02 Å². The van der Waals surface area contributed by atoms with Crippen LogP contribution in [0.5, 0.6) is 0 Å². The third kappa shape index (κ3) is 5.36. The average molecular weight is 488 g/mol. The highest BCUT2D eigenvalue weighted by atomic mass is 35.5. The first-order valence-corrected chi connectivity index (χ1v) is 12.8. The quantitative estimate of drug-likeness (QED) is 0.370. The Morgan fingerprint density at radius 1 is 1.06 bits per heavy atom. The number of carbonyl (C=O) groups excluding carboxylic acids is 1. The lowest BCUT2D eigenvalue weighted by atomic mass is 9.78. The molecule has 1 fully saturated rings. The van der Waals surface area contributed by atoms with Crippen molar-refractivity contribution < 1.29 is 9.18 Å². The lowest BCUT2D eigenvalue weighted by molar-refractivity contribution is -0.115. The summed E-state index contributed by atoms with van der Waals surface area (Å²) < 4.78 is 14.8. The molecule has 3 aromatic carbocycles. The van der Waals surface area contributed by atoms with Crippen molar-refractivity contribution >= 4 is 28.8 Å². The van der Waals surface area contributed by atoms with Crippen molar-refractivity contribution in [2.75, 3.05) is 5.32 Å². The van der Waals surface area contributed by atoms with E-state index in [0.717, 1.165) is 34.6 Å². The Morgan fingerprint density at radius 3 is 2.43 bits per heavy atom. The van der Waals surface area contributed by atoms with Crippen LogP contribution < -0.4 is 5.32 Å². The van der Waals surface area contributed by atoms with Crippen LogP contribution in [0.25, 0.3) is 16.7 Å². The SMILES string of the molecule is Cc1cc(Cl)ccc1-c1ccc(NC(=O)Cc2ccc(C3=CCC(C4(C)CC4)CC3)cc2)c(F)c1. The fourth-order valence-corrected chi connectivity index (χ4v) is 5.51. The molecule has 3 aromatic rings. The van der Waals surface area contributed by atoms with Crippen molar-refractivity contribution in [2.45, 2.75) is 52.4 Å². The van der Waals surface area contributed by atoms with Crippen LogP contribution in [-0.2, 0) is 11.2 Å². The number of allylic oxidation sites excluding steroid dienone is 2. The molecule has 2 aliphatic rings. The van der Waals surface area contributed by atoms with Gasteiger partial charge in [-0.3, -0.25) is 4.79 Å². The Hall–Kier alpha value is -2.91. The van der Waals surface area contributed by atoms with E-state index in [0.29, 0.717) is 10.4 Å². The second kappa shape index (κ2) is 9.62. The van der Waals surface area contributed by atoms with Crippen LogP contribution in [0.2, 0.25) is 5.02 Å². The van der Waals surface area contributed by atoms with Gasteiger partial charge in [0.15, 0.2) is 0 Å². The van der Waals surface area contributed by atoms with Crippen molar-refractivity contribution in [3.05, 3.63) is 94.3 Å². The molecule has 0 saturated heterocycles. The number of aryl methyl sites for hydroxylation is 1. The molecule has 0 aliphatic heterocycles. The van der Waals surface area contributed by atoms with E-state index in [-0.39, 0.29) is 18.0 Å². The molecule has 0 bridgehead atoms. The predicted octanol–water partition coefficient (Wildman–Crippen LogP) is 8.62. The summed E-state index contributed by atoms with van der Waals surface area (Å²) in [4.78, 5) is 12.6. The Balaban J connectivity index is 1.20. The molecule has 2 aliphatic carbocycles. The minimum Gasteiger partial charge on any atom is -0.323 e. The minimum absolute atomic E-state index is 0.188. The van der Waals surface area contributed by atoms with Gasteiger partial charge in [-0.15, -0.1) is 0 Å². The molecule has 0 aromatic heterocycles. The first kappa shape index (κ1) is 23.8. The number of benzene rings is 3. The molecule has 5 rings (SSSR count). The van der Waals surface area contributed by atoms with Crippen molar-refractivity contribution in [3.8, 4) is 11.1 Å². The highest BCUT2D eigenvalue weighted by molar-refractivity contribution is 6.30. The maximum absolute atomic E-state index is 14.8. The number of hydrogen-bond acceptors (Lipinski definition) is 1. The zero-order valence-corrected chi connectivity index (χ0v) is 21.1. The first-order chi connectivity index (χ1) is 16.8. The van der Waals surface area contributed by atoms with Crippen molar-refractivity contribution in [3.63, 3.8) is 0 Å². The lowest BCUT2D eigenvalue weighted by Crippen LogP contribution is -2.16. The van der Waals surface area contributed by atoms with Gasteiger partial charge in [-0.2, -0.15) is 0 Å². The number of halogens is 2. The van der Waals surface area contributed by atoms with Gasteiger partial charge in [0.05, 0.1) is 12.1 Å². The van der Waals surface area contributed by atoms with Gasteiger partial charge in [0.2, 0.25) is 5.91 Å². The summed E-state index contributed by atoms with van der Waals surface area (Å²) in [5, 5.41) is 3.37. The van der Waals surface area contributed by atoms with Gasteiger partial charge in [0.25, 0.3) is 0 Å². The largest absolute Gasteiger partial charge is 0.323 e. The molecule has 2 nitrogen and oxygen atoms in total. The van der Waals surface area contributed by atoms with E-state index < -0.39 is 5.82 Å². The van der Waals surface area contributed by atoms with Gasteiger partial charge in [0.1, 0.15) is 5.82 Å². The summed E-state index contributed by atoms with van der Waals surface area (Å²) >= 11 is 6.03. The number of hydrogen-bond donors (Lipinski definition) is 1. The molecular weight excluding hydrogens is 457 g/mol. The normalized spacial score (nSPS) is 18.6. The molecule has 180 valence electrons. The van der Waals surface area contributed by atoms with Gasteiger partial charge in [-0.25, -0.2) is 4.39 Å². The van der Waals surface area contributed by atoms with E-state index in [1.54, 1.807) is 12.1 Å². The van der Waals surface area contributed by atoms with Crippen molar-refractivity contribution in [1.82, 2.24) is 0 Å². The Morgan fingerprint density at radius 2 is 1.80 bits per heavy atom. The maximum Gasteiger partial charge on any atom is 0.228 e. The number of anilines is 1. The van der Waals surface area contributed by atoms with Gasteiger partial charge < -0.3 is 5.32 Å². The van der Waals surface area contributed by atoms with Gasteiger partial charge in [-0.05, 0) is 108 Å². The summed E-state index contributed by atoms with van der Waals surface area (Å²) in [5.74, 6) is 0.145. The second-order valence-corrected chi connectivity index (χ2v) is 10.9. The molecule has 1 atom stereocenters. The van der Waals surface area contributed by atoms with Crippen LogP contribution in [0.15, 0.2) is 66.7 Å². The predicted molar refractivity (Wildman–Crippen MR) is 143 cm³/mol. The number of carbonyl (C=O) groups is 1. The topological polar surface area (TPSA) is 29.1 Å². The van der Waals surface area contributed by atoms with E-state index in [4.69, 9.17) is 11.6 Å². The van der Waals surface area contributed by atoms with Crippen molar-refractivity contribution in [1.29, 1.82) is 0 Å². The monoisotopic (exact) mass is 487 g/mol. The summed E-state index contributed by atoms with van der Waals surface area (Å²) in [6.45, 7) is 4.37. The summed E-state index contributed by atoms with van der Waals surface area (Å²) in [6.07, 6.45) is 8.97. The molecule has 4 heteroatoms. The molecule has 0 spiro atoms. The molecular formula is C31H31ClFNO. The molecule has 0 heterocycles. The highest BCUT2D eigenvalue weighted by Crippen LogP contribution is 2.56. The van der Waals surface area contributed by atoms with Crippen LogP contribution in [0.3, 0.4) is 0 Å². The standard InChI is InChI=1S/C31H31ClFNO/c1-20-17-26(32)12-13-27(20)24-9-14-29(28(33)19-24)34-30(35)18-21-3-5-22(6-4-21)23-7-10-25(11-8-23)31(2)15-16-31/h3-7,9,12-14,17,19,25H,8,10-11,15-16,18H2,1-2H3,(H,34,35). The Kier molecular flexibility index (Phi) is 6.55. The molecule has 1 N–H and O–H groups in total. The third-order valence-electron chi connectivity index (χ3n) is 7.87. The fraction of sp³-hybridized carbons (Fsp3) is 0.323. The van der Waals surface area contributed by atoms with E-state index in [2.05, 4.69) is 30.4 Å². The Labute approximate surface area is 212 Å². The highest BCUT2D eigenvalue weighted by Gasteiger charge is 2.44. The molecule has 0 radical (unpaired) electrons. The van der Waals surface area contributed by atoms with Crippen molar-refractivity contribution in [2.24, 2.45) is 11.3 Å². The molecule has 1 unspecified atom stereocenters. The molecule has 1 amide bonds. The van der Waals surface area contributed by atoms with E-state index in [9.17, 15) is 9.18 Å². The van der Waals surface area contributed by atoms with Gasteiger partial charge >= 0.3 is 0 Å². The summed E-state index contributed by atoms with van der Waals surface area (Å²) in [7, 11) is 0. The number of rotatable bonds is 6. The lowest BCUT2D eigenvalue weighted by Gasteiger charge is -2.27. The van der Waals surface area contributed by atoms with Crippen LogP contribution in [0, 0.1) is 24.1 Å². The fourth-order valence-electron chi connectivity index (χ4n) is 5.29. The van der Waals surface area contributed by atoms with Crippen LogP contribution in [0.4, 0.5) is 10.1 Å². The third-order valence-corrected chi connectivity index (χ3v) is 8.10. The van der Waals surface area contributed by atoms with Gasteiger partial charge in [-0.1, -0.05) is 61.0 Å². The smallest absolute Gasteiger partial charge is 0.228 e. The van der Waals surface area contributed by atoms with E-state index >= 15 is 0 Å². The zero-order chi connectivity index (χ0) is 24.6. The average Bonchev–Trinajstić information content (AvgIpc) is 3.59. The van der Waals surface area contributed by atoms with Crippen LogP contribution >= 0.6 is 11.6 Å². The molecule has 35 heavy (non-hydrogen) atoms. The van der Waals surface area contributed by atoms with Crippen LogP contribution in [-0.4, -0.2) is 5.91 Å². The maximum atomic E-state index is 14.8. The first-order valence-electron chi connectivity index (χ1n) is 12.4.